The summed E-state index contributed by atoms with van der Waals surface area (Å²) in [6, 6.07) is -0.418. The van der Waals surface area contributed by atoms with E-state index in [9.17, 15) is 4.79 Å². The van der Waals surface area contributed by atoms with Gasteiger partial charge in [-0.3, -0.25) is 4.79 Å². The van der Waals surface area contributed by atoms with Crippen LogP contribution in [0.2, 0.25) is 0 Å². The van der Waals surface area contributed by atoms with E-state index in [0.717, 1.165) is 13.1 Å². The van der Waals surface area contributed by atoms with E-state index in [2.05, 4.69) is 5.43 Å². The Balaban J connectivity index is 2.31. The van der Waals surface area contributed by atoms with Crippen LogP contribution in [0.1, 0.15) is 32.6 Å². The molecule has 0 aromatic carbocycles. The largest absolute Gasteiger partial charge is 0.480 e. The Labute approximate surface area is 78.9 Å². The molecule has 1 rings (SSSR count). The van der Waals surface area contributed by atoms with Gasteiger partial charge in [-0.2, -0.15) is 0 Å². The lowest BCUT2D eigenvalue weighted by Gasteiger charge is -2.29. The van der Waals surface area contributed by atoms with Crippen LogP contribution in [0.5, 0.6) is 0 Å². The van der Waals surface area contributed by atoms with E-state index >= 15 is 0 Å². The van der Waals surface area contributed by atoms with Gasteiger partial charge in [0.15, 0.2) is 0 Å². The molecule has 13 heavy (non-hydrogen) atoms. The highest BCUT2D eigenvalue weighted by Crippen LogP contribution is 2.07. The molecule has 1 unspecified atom stereocenters. The lowest BCUT2D eigenvalue weighted by molar-refractivity contribution is -0.141. The molecule has 1 saturated heterocycles. The zero-order valence-electron chi connectivity index (χ0n) is 8.12. The van der Waals surface area contributed by atoms with Crippen LogP contribution in [-0.4, -0.2) is 35.2 Å². The summed E-state index contributed by atoms with van der Waals surface area (Å²) in [5.74, 6) is -0.756. The summed E-state index contributed by atoms with van der Waals surface area (Å²) in [4.78, 5) is 10.7. The minimum Gasteiger partial charge on any atom is -0.480 e. The quantitative estimate of drug-likeness (QED) is 0.683. The number of piperidine rings is 1. The molecule has 1 fully saturated rings. The van der Waals surface area contributed by atoms with E-state index in [-0.39, 0.29) is 0 Å². The highest BCUT2D eigenvalue weighted by Gasteiger charge is 2.19. The molecule has 0 amide bonds. The molecule has 0 aromatic rings. The second-order valence-corrected chi connectivity index (χ2v) is 3.48. The number of aliphatic carboxylic acids is 1. The Morgan fingerprint density at radius 2 is 2.08 bits per heavy atom. The normalized spacial score (nSPS) is 21.3. The molecule has 0 saturated carbocycles. The highest BCUT2D eigenvalue weighted by atomic mass is 16.4. The molecule has 4 heteroatoms. The van der Waals surface area contributed by atoms with Crippen LogP contribution >= 0.6 is 0 Å². The third kappa shape index (κ3) is 3.32. The lowest BCUT2D eigenvalue weighted by Crippen LogP contribution is -2.50. The first-order valence-corrected chi connectivity index (χ1v) is 4.98. The molecular weight excluding hydrogens is 168 g/mol. The summed E-state index contributed by atoms with van der Waals surface area (Å²) in [7, 11) is 0. The SMILES string of the molecule is CCC(NN1CCCCC1)C(=O)O. The van der Waals surface area contributed by atoms with E-state index in [1.54, 1.807) is 0 Å². The number of hydrogen-bond donors (Lipinski definition) is 2. The smallest absolute Gasteiger partial charge is 0.322 e. The maximum Gasteiger partial charge on any atom is 0.322 e. The fourth-order valence-electron chi connectivity index (χ4n) is 1.56. The van der Waals surface area contributed by atoms with E-state index < -0.39 is 12.0 Å². The first kappa shape index (κ1) is 10.5. The molecule has 0 bridgehead atoms. The van der Waals surface area contributed by atoms with Crippen molar-refractivity contribution in [1.82, 2.24) is 10.4 Å². The third-order valence-corrected chi connectivity index (χ3v) is 2.40. The topological polar surface area (TPSA) is 52.6 Å². The highest BCUT2D eigenvalue weighted by molar-refractivity contribution is 5.73. The van der Waals surface area contributed by atoms with Gasteiger partial charge in [-0.05, 0) is 19.3 Å². The van der Waals surface area contributed by atoms with Crippen LogP contribution in [0.25, 0.3) is 0 Å². The summed E-state index contributed by atoms with van der Waals surface area (Å²) < 4.78 is 0. The molecule has 0 aliphatic carbocycles. The molecule has 0 aromatic heterocycles. The van der Waals surface area contributed by atoms with Crippen LogP contribution in [0.3, 0.4) is 0 Å². The van der Waals surface area contributed by atoms with Gasteiger partial charge < -0.3 is 5.11 Å². The number of hydrazine groups is 1. The molecule has 0 spiro atoms. The number of rotatable bonds is 4. The van der Waals surface area contributed by atoms with Gasteiger partial charge >= 0.3 is 5.97 Å². The van der Waals surface area contributed by atoms with Crippen molar-refractivity contribution in [2.45, 2.75) is 38.6 Å². The van der Waals surface area contributed by atoms with Crippen LogP contribution < -0.4 is 5.43 Å². The Hall–Kier alpha value is -0.610. The van der Waals surface area contributed by atoms with Crippen molar-refractivity contribution in [1.29, 1.82) is 0 Å². The van der Waals surface area contributed by atoms with E-state index in [0.29, 0.717) is 6.42 Å². The Morgan fingerprint density at radius 3 is 2.54 bits per heavy atom. The summed E-state index contributed by atoms with van der Waals surface area (Å²) in [5, 5.41) is 10.8. The van der Waals surface area contributed by atoms with Crippen molar-refractivity contribution in [3.05, 3.63) is 0 Å². The Bertz CT molecular complexity index is 167. The molecule has 76 valence electrons. The van der Waals surface area contributed by atoms with Crippen molar-refractivity contribution < 1.29 is 9.90 Å². The van der Waals surface area contributed by atoms with Crippen molar-refractivity contribution in [3.8, 4) is 0 Å². The molecule has 1 aliphatic rings. The van der Waals surface area contributed by atoms with Gasteiger partial charge in [-0.15, -0.1) is 0 Å². The first-order chi connectivity index (χ1) is 6.24. The van der Waals surface area contributed by atoms with Gasteiger partial charge in [-0.25, -0.2) is 10.4 Å². The molecule has 0 radical (unpaired) electrons. The molecular formula is C9H18N2O2. The Morgan fingerprint density at radius 1 is 1.46 bits per heavy atom. The van der Waals surface area contributed by atoms with Gasteiger partial charge in [0.05, 0.1) is 0 Å². The van der Waals surface area contributed by atoms with Gasteiger partial charge in [0.25, 0.3) is 0 Å². The predicted molar refractivity (Wildman–Crippen MR) is 50.3 cm³/mol. The second-order valence-electron chi connectivity index (χ2n) is 3.48. The summed E-state index contributed by atoms with van der Waals surface area (Å²) in [5.41, 5.74) is 3.04. The van der Waals surface area contributed by atoms with Crippen LogP contribution in [0, 0.1) is 0 Å². The van der Waals surface area contributed by atoms with E-state index in [4.69, 9.17) is 5.11 Å². The van der Waals surface area contributed by atoms with Gasteiger partial charge in [0, 0.05) is 13.1 Å². The van der Waals surface area contributed by atoms with Gasteiger partial charge in [0.2, 0.25) is 0 Å². The van der Waals surface area contributed by atoms with Crippen molar-refractivity contribution >= 4 is 5.97 Å². The predicted octanol–water partition coefficient (Wildman–Crippen LogP) is 0.840. The average Bonchev–Trinajstić information content (AvgIpc) is 2.15. The fourth-order valence-corrected chi connectivity index (χ4v) is 1.56. The second kappa shape index (κ2) is 5.19. The summed E-state index contributed by atoms with van der Waals surface area (Å²) >= 11 is 0. The van der Waals surface area contributed by atoms with Crippen LogP contribution in [0.4, 0.5) is 0 Å². The first-order valence-electron chi connectivity index (χ1n) is 4.98. The van der Waals surface area contributed by atoms with Crippen molar-refractivity contribution in [2.24, 2.45) is 0 Å². The molecule has 4 nitrogen and oxygen atoms in total. The minimum atomic E-state index is -0.756. The summed E-state index contributed by atoms with van der Waals surface area (Å²) in [6.07, 6.45) is 4.24. The summed E-state index contributed by atoms with van der Waals surface area (Å²) in [6.45, 7) is 3.84. The molecule has 1 aliphatic heterocycles. The number of nitrogens with zero attached hydrogens (tertiary/aromatic N) is 1. The van der Waals surface area contributed by atoms with Crippen molar-refractivity contribution in [2.75, 3.05) is 13.1 Å². The maximum absolute atomic E-state index is 10.7. The minimum absolute atomic E-state index is 0.418. The lowest BCUT2D eigenvalue weighted by atomic mass is 10.1. The monoisotopic (exact) mass is 186 g/mol. The molecule has 1 heterocycles. The average molecular weight is 186 g/mol. The van der Waals surface area contributed by atoms with Gasteiger partial charge in [-0.1, -0.05) is 13.3 Å². The zero-order chi connectivity index (χ0) is 9.68. The number of carboxylic acids is 1. The number of carbonyl (C=O) groups is 1. The zero-order valence-corrected chi connectivity index (χ0v) is 8.12. The van der Waals surface area contributed by atoms with Crippen LogP contribution in [-0.2, 0) is 4.79 Å². The van der Waals surface area contributed by atoms with Gasteiger partial charge in [0.1, 0.15) is 6.04 Å². The molecule has 1 atom stereocenters. The van der Waals surface area contributed by atoms with E-state index in [1.165, 1.54) is 19.3 Å². The fraction of sp³-hybridized carbons (Fsp3) is 0.889. The van der Waals surface area contributed by atoms with Crippen LogP contribution in [0.15, 0.2) is 0 Å². The Kier molecular flexibility index (Phi) is 4.18. The number of carboxylic acid groups (broad SMARTS) is 1. The van der Waals surface area contributed by atoms with E-state index in [1.807, 2.05) is 11.9 Å². The standard InChI is InChI=1S/C9H18N2O2/c1-2-8(9(12)13)10-11-6-4-3-5-7-11/h8,10H,2-7H2,1H3,(H,12,13). The maximum atomic E-state index is 10.7. The van der Waals surface area contributed by atoms with Crippen molar-refractivity contribution in [3.63, 3.8) is 0 Å². The number of nitrogens with one attached hydrogen (secondary N) is 1. The molecule has 2 N–H and O–H groups in total. The third-order valence-electron chi connectivity index (χ3n) is 2.40. The number of hydrogen-bond acceptors (Lipinski definition) is 3.